The van der Waals surface area contributed by atoms with Gasteiger partial charge in [-0.2, -0.15) is 9.98 Å². The summed E-state index contributed by atoms with van der Waals surface area (Å²) in [6.07, 6.45) is 1.79. The highest BCUT2D eigenvalue weighted by molar-refractivity contribution is 5.87. The summed E-state index contributed by atoms with van der Waals surface area (Å²) in [5.41, 5.74) is -0.254. The Bertz CT molecular complexity index is 565. The maximum atomic E-state index is 11.1. The normalized spacial score (nSPS) is 11.2. The molecular formula is C12H18N4O4. The van der Waals surface area contributed by atoms with Crippen molar-refractivity contribution in [3.63, 3.8) is 0 Å². The Kier molecular flexibility index (Phi) is 5.70. The van der Waals surface area contributed by atoms with E-state index in [1.54, 1.807) is 0 Å². The number of hydrogen-bond acceptors (Lipinski definition) is 5. The molecule has 0 aromatic carbocycles. The van der Waals surface area contributed by atoms with Crippen molar-refractivity contribution < 1.29 is 19.5 Å². The summed E-state index contributed by atoms with van der Waals surface area (Å²) >= 11 is 0. The summed E-state index contributed by atoms with van der Waals surface area (Å²) in [7, 11) is 0. The van der Waals surface area contributed by atoms with Gasteiger partial charge in [0.15, 0.2) is 5.82 Å². The van der Waals surface area contributed by atoms with Crippen LogP contribution in [-0.2, 0) is 9.59 Å². The van der Waals surface area contributed by atoms with Crippen molar-refractivity contribution in [1.29, 1.82) is 0 Å². The molecular weight excluding hydrogens is 264 g/mol. The minimum absolute atomic E-state index is 0.0269. The number of anilines is 1. The van der Waals surface area contributed by atoms with Crippen molar-refractivity contribution >= 4 is 17.6 Å². The van der Waals surface area contributed by atoms with E-state index in [4.69, 9.17) is 4.74 Å². The van der Waals surface area contributed by atoms with Gasteiger partial charge in [-0.1, -0.05) is 13.3 Å². The van der Waals surface area contributed by atoms with Crippen molar-refractivity contribution in [2.24, 2.45) is 4.99 Å². The molecule has 8 nitrogen and oxygen atoms in total. The first-order chi connectivity index (χ1) is 9.43. The Morgan fingerprint density at radius 1 is 1.50 bits per heavy atom. The van der Waals surface area contributed by atoms with Crippen molar-refractivity contribution in [2.75, 3.05) is 11.9 Å². The summed E-state index contributed by atoms with van der Waals surface area (Å²) in [6.45, 7) is 4.98. The number of carbonyl (C=O) groups is 2. The van der Waals surface area contributed by atoms with Crippen molar-refractivity contribution in [1.82, 2.24) is 9.71 Å². The van der Waals surface area contributed by atoms with Gasteiger partial charge in [0.2, 0.25) is 17.7 Å². The average Bonchev–Trinajstić information content (AvgIpc) is 2.34. The molecule has 8 heteroatoms. The molecule has 2 amide bonds. The predicted octanol–water partition coefficient (Wildman–Crippen LogP) is 0.705. The number of carbonyl (C=O) groups excluding carboxylic acids is 2. The standard InChI is InChI=1S/C12H18N4O4/c1-4-5-6-20-11-7-10(13-8(2)17)16(19)12(15-11)14-9(3)18/h7,19H,4-6H2,1-3H3,(H,13,17). The van der Waals surface area contributed by atoms with Crippen LogP contribution in [0.25, 0.3) is 0 Å². The van der Waals surface area contributed by atoms with Crippen LogP contribution in [0.4, 0.5) is 5.82 Å². The largest absolute Gasteiger partial charge is 0.477 e. The topological polar surface area (TPSA) is 106 Å². The summed E-state index contributed by atoms with van der Waals surface area (Å²) in [5, 5.41) is 12.2. The number of aromatic nitrogens is 2. The lowest BCUT2D eigenvalue weighted by atomic mass is 10.4. The fourth-order valence-electron chi connectivity index (χ4n) is 1.34. The summed E-state index contributed by atoms with van der Waals surface area (Å²) < 4.78 is 5.91. The van der Waals surface area contributed by atoms with E-state index < -0.39 is 5.91 Å². The number of unbranched alkanes of at least 4 members (excludes halogenated alkanes) is 1. The third kappa shape index (κ3) is 4.71. The lowest BCUT2D eigenvalue weighted by Crippen LogP contribution is -2.28. The molecule has 0 aliphatic carbocycles. The van der Waals surface area contributed by atoms with Crippen LogP contribution < -0.4 is 15.7 Å². The zero-order chi connectivity index (χ0) is 15.1. The Labute approximate surface area is 116 Å². The summed E-state index contributed by atoms with van der Waals surface area (Å²) in [5.74, 6) is -0.710. The fraction of sp³-hybridized carbons (Fsp3) is 0.500. The van der Waals surface area contributed by atoms with Gasteiger partial charge in [0.1, 0.15) is 0 Å². The van der Waals surface area contributed by atoms with E-state index in [2.05, 4.69) is 15.3 Å². The quantitative estimate of drug-likeness (QED) is 0.611. The molecule has 1 aromatic rings. The Balaban J connectivity index is 3.19. The molecule has 0 spiro atoms. The molecule has 0 radical (unpaired) electrons. The first kappa shape index (κ1) is 15.7. The smallest absolute Gasteiger partial charge is 0.271 e. The highest BCUT2D eigenvalue weighted by atomic mass is 16.5. The van der Waals surface area contributed by atoms with Crippen LogP contribution in [-0.4, -0.2) is 33.3 Å². The van der Waals surface area contributed by atoms with Crippen molar-refractivity contribution in [3.05, 3.63) is 11.7 Å². The summed E-state index contributed by atoms with van der Waals surface area (Å²) in [6, 6.07) is 1.36. The minimum atomic E-state index is -0.528. The van der Waals surface area contributed by atoms with Crippen LogP contribution >= 0.6 is 0 Å². The first-order valence-electron chi connectivity index (χ1n) is 6.23. The molecule has 1 rings (SSSR count). The SMILES string of the molecule is CCCCOc1cc(NC(C)=O)n(O)c(=NC(C)=O)n1. The second kappa shape index (κ2) is 7.27. The van der Waals surface area contributed by atoms with E-state index in [1.165, 1.54) is 19.9 Å². The zero-order valence-corrected chi connectivity index (χ0v) is 11.7. The number of hydrogen-bond donors (Lipinski definition) is 2. The molecule has 0 atom stereocenters. The predicted molar refractivity (Wildman–Crippen MR) is 70.4 cm³/mol. The van der Waals surface area contributed by atoms with Gasteiger partial charge < -0.3 is 15.3 Å². The van der Waals surface area contributed by atoms with Crippen LogP contribution in [0.15, 0.2) is 11.1 Å². The first-order valence-corrected chi connectivity index (χ1v) is 6.23. The molecule has 0 aliphatic heterocycles. The number of rotatable bonds is 5. The van der Waals surface area contributed by atoms with Gasteiger partial charge in [-0.3, -0.25) is 9.59 Å². The molecule has 0 unspecified atom stereocenters. The number of nitrogens with zero attached hydrogens (tertiary/aromatic N) is 3. The Morgan fingerprint density at radius 2 is 2.20 bits per heavy atom. The van der Waals surface area contributed by atoms with Gasteiger partial charge in [0, 0.05) is 19.9 Å². The van der Waals surface area contributed by atoms with Gasteiger partial charge >= 0.3 is 0 Å². The van der Waals surface area contributed by atoms with E-state index in [9.17, 15) is 14.8 Å². The minimum Gasteiger partial charge on any atom is -0.477 e. The van der Waals surface area contributed by atoms with Gasteiger partial charge in [0.25, 0.3) is 5.62 Å². The molecule has 110 valence electrons. The van der Waals surface area contributed by atoms with E-state index >= 15 is 0 Å². The summed E-state index contributed by atoms with van der Waals surface area (Å²) in [4.78, 5) is 29.5. The Morgan fingerprint density at radius 3 is 2.75 bits per heavy atom. The van der Waals surface area contributed by atoms with Crippen LogP contribution in [0.3, 0.4) is 0 Å². The molecule has 0 bridgehead atoms. The molecule has 0 fully saturated rings. The Hall–Kier alpha value is -2.38. The molecule has 1 heterocycles. The van der Waals surface area contributed by atoms with E-state index in [0.29, 0.717) is 11.3 Å². The maximum absolute atomic E-state index is 11.1. The molecule has 0 saturated heterocycles. The fourth-order valence-corrected chi connectivity index (χ4v) is 1.34. The second-order valence-corrected chi connectivity index (χ2v) is 4.11. The van der Waals surface area contributed by atoms with Crippen LogP contribution in [0.5, 0.6) is 5.88 Å². The van der Waals surface area contributed by atoms with Crippen LogP contribution in [0.1, 0.15) is 33.6 Å². The van der Waals surface area contributed by atoms with Gasteiger partial charge in [-0.05, 0) is 6.42 Å². The number of ether oxygens (including phenoxy) is 1. The van der Waals surface area contributed by atoms with Crippen LogP contribution in [0.2, 0.25) is 0 Å². The molecule has 1 aromatic heterocycles. The molecule has 0 saturated carbocycles. The van der Waals surface area contributed by atoms with Gasteiger partial charge in [-0.15, -0.1) is 4.73 Å². The second-order valence-electron chi connectivity index (χ2n) is 4.11. The number of amides is 2. The van der Waals surface area contributed by atoms with E-state index in [0.717, 1.165) is 12.8 Å². The van der Waals surface area contributed by atoms with E-state index in [-0.39, 0.29) is 23.2 Å². The maximum Gasteiger partial charge on any atom is 0.271 e. The molecule has 20 heavy (non-hydrogen) atoms. The highest BCUT2D eigenvalue weighted by Gasteiger charge is 2.09. The molecule has 0 aliphatic rings. The zero-order valence-electron chi connectivity index (χ0n) is 11.7. The van der Waals surface area contributed by atoms with Gasteiger partial charge in [0.05, 0.1) is 6.61 Å². The van der Waals surface area contributed by atoms with Crippen LogP contribution in [0, 0.1) is 0 Å². The highest BCUT2D eigenvalue weighted by Crippen LogP contribution is 2.11. The average molecular weight is 282 g/mol. The molecule has 2 N–H and O–H groups in total. The monoisotopic (exact) mass is 282 g/mol. The number of nitrogens with one attached hydrogen (secondary N) is 1. The third-order valence-electron chi connectivity index (χ3n) is 2.20. The van der Waals surface area contributed by atoms with E-state index in [1.807, 2.05) is 6.92 Å². The van der Waals surface area contributed by atoms with Crippen molar-refractivity contribution in [3.8, 4) is 5.88 Å². The lowest BCUT2D eigenvalue weighted by Gasteiger charge is -2.10. The van der Waals surface area contributed by atoms with Gasteiger partial charge in [-0.25, -0.2) is 0 Å². The van der Waals surface area contributed by atoms with Crippen molar-refractivity contribution in [2.45, 2.75) is 33.6 Å². The third-order valence-corrected chi connectivity index (χ3v) is 2.20. The lowest BCUT2D eigenvalue weighted by molar-refractivity contribution is -0.116.